The Labute approximate surface area is 142 Å². The third-order valence-electron chi connectivity index (χ3n) is 3.84. The molecule has 1 amide bonds. The highest BCUT2D eigenvalue weighted by atomic mass is 35.5. The van der Waals surface area contributed by atoms with Crippen molar-refractivity contribution in [3.8, 4) is 0 Å². The number of halogens is 1. The van der Waals surface area contributed by atoms with Gasteiger partial charge in [-0.3, -0.25) is 4.79 Å². The summed E-state index contributed by atoms with van der Waals surface area (Å²) in [6, 6.07) is 7.23. The fourth-order valence-electron chi connectivity index (χ4n) is 2.54. The van der Waals surface area contributed by atoms with Crippen LogP contribution in [0.25, 0.3) is 0 Å². The number of rotatable bonds is 4. The summed E-state index contributed by atoms with van der Waals surface area (Å²) in [6.45, 7) is 1.73. The van der Waals surface area contributed by atoms with Gasteiger partial charge >= 0.3 is 0 Å². The second-order valence-electron chi connectivity index (χ2n) is 5.73. The number of nitrogens with zero attached hydrogens (tertiary/aromatic N) is 3. The van der Waals surface area contributed by atoms with E-state index < -0.39 is 10.2 Å². The Hall–Kier alpha value is -1.15. The first-order chi connectivity index (χ1) is 10.8. The SMILES string of the molecule is CN(C)S(=O)(=O)N1CCCN(C(=O)Cc2cccc(Cl)c2)CC1. The maximum Gasteiger partial charge on any atom is 0.281 e. The molecule has 0 atom stereocenters. The fraction of sp³-hybridized carbons (Fsp3) is 0.533. The number of hydrogen-bond acceptors (Lipinski definition) is 3. The maximum absolute atomic E-state index is 12.4. The van der Waals surface area contributed by atoms with Crippen LogP contribution >= 0.6 is 11.6 Å². The molecule has 0 aromatic heterocycles. The first kappa shape index (κ1) is 18.2. The second kappa shape index (κ2) is 7.61. The van der Waals surface area contributed by atoms with E-state index in [2.05, 4.69) is 0 Å². The normalized spacial score (nSPS) is 17.3. The van der Waals surface area contributed by atoms with Gasteiger partial charge in [-0.05, 0) is 24.1 Å². The van der Waals surface area contributed by atoms with Crippen LogP contribution in [0, 0.1) is 0 Å². The molecule has 128 valence electrons. The molecule has 23 heavy (non-hydrogen) atoms. The van der Waals surface area contributed by atoms with E-state index in [-0.39, 0.29) is 12.3 Å². The van der Waals surface area contributed by atoms with Crippen LogP contribution in [0.15, 0.2) is 24.3 Å². The van der Waals surface area contributed by atoms with Crippen molar-refractivity contribution in [1.29, 1.82) is 0 Å². The van der Waals surface area contributed by atoms with Gasteiger partial charge in [0, 0.05) is 45.3 Å². The van der Waals surface area contributed by atoms with Crippen LogP contribution in [-0.4, -0.2) is 68.1 Å². The summed E-state index contributed by atoms with van der Waals surface area (Å²) in [5.41, 5.74) is 0.865. The molecule has 1 aromatic carbocycles. The molecule has 1 aliphatic heterocycles. The maximum atomic E-state index is 12.4. The van der Waals surface area contributed by atoms with Crippen molar-refractivity contribution < 1.29 is 13.2 Å². The van der Waals surface area contributed by atoms with Gasteiger partial charge in [-0.2, -0.15) is 17.0 Å². The molecule has 0 bridgehead atoms. The summed E-state index contributed by atoms with van der Waals surface area (Å²) >= 11 is 5.94. The summed E-state index contributed by atoms with van der Waals surface area (Å²) < 4.78 is 27.0. The van der Waals surface area contributed by atoms with Gasteiger partial charge in [-0.15, -0.1) is 0 Å². The highest BCUT2D eigenvalue weighted by molar-refractivity contribution is 7.86. The van der Waals surface area contributed by atoms with Crippen LogP contribution in [0.3, 0.4) is 0 Å². The minimum atomic E-state index is -3.43. The van der Waals surface area contributed by atoms with Crippen LogP contribution < -0.4 is 0 Å². The molecule has 0 aliphatic carbocycles. The van der Waals surface area contributed by atoms with Gasteiger partial charge in [0.05, 0.1) is 6.42 Å². The topological polar surface area (TPSA) is 60.9 Å². The lowest BCUT2D eigenvalue weighted by atomic mass is 10.1. The first-order valence-electron chi connectivity index (χ1n) is 7.50. The molecule has 0 N–H and O–H groups in total. The Kier molecular flexibility index (Phi) is 6.02. The molecular formula is C15H22ClN3O3S. The second-order valence-corrected chi connectivity index (χ2v) is 8.31. The van der Waals surface area contributed by atoms with E-state index >= 15 is 0 Å². The molecule has 1 aromatic rings. The predicted molar refractivity (Wildman–Crippen MR) is 90.5 cm³/mol. The molecule has 0 spiro atoms. The van der Waals surface area contributed by atoms with E-state index in [0.29, 0.717) is 37.6 Å². The van der Waals surface area contributed by atoms with Gasteiger partial charge < -0.3 is 4.90 Å². The predicted octanol–water partition coefficient (Wildman–Crippen LogP) is 1.22. The molecule has 6 nitrogen and oxygen atoms in total. The number of benzene rings is 1. The molecule has 1 aliphatic rings. The van der Waals surface area contributed by atoms with Crippen LogP contribution in [-0.2, 0) is 21.4 Å². The van der Waals surface area contributed by atoms with Crippen molar-refractivity contribution >= 4 is 27.7 Å². The zero-order valence-electron chi connectivity index (χ0n) is 13.4. The summed E-state index contributed by atoms with van der Waals surface area (Å²) in [4.78, 5) is 14.2. The van der Waals surface area contributed by atoms with E-state index in [9.17, 15) is 13.2 Å². The van der Waals surface area contributed by atoms with Crippen molar-refractivity contribution in [3.63, 3.8) is 0 Å². The number of hydrogen-bond donors (Lipinski definition) is 0. The summed E-state index contributed by atoms with van der Waals surface area (Å²) in [7, 11) is -0.393. The molecule has 8 heteroatoms. The zero-order valence-corrected chi connectivity index (χ0v) is 15.0. The van der Waals surface area contributed by atoms with Crippen molar-refractivity contribution in [2.45, 2.75) is 12.8 Å². The Morgan fingerprint density at radius 1 is 1.22 bits per heavy atom. The summed E-state index contributed by atoms with van der Waals surface area (Å²) in [5.74, 6) is -0.00336. The van der Waals surface area contributed by atoms with E-state index in [1.807, 2.05) is 12.1 Å². The van der Waals surface area contributed by atoms with Crippen molar-refractivity contribution in [2.24, 2.45) is 0 Å². The number of carbonyl (C=O) groups is 1. The Balaban J connectivity index is 1.99. The standard InChI is InChI=1S/C15H22ClN3O3S/c1-17(2)23(21,22)19-8-4-7-18(9-10-19)15(20)12-13-5-3-6-14(16)11-13/h3,5-6,11H,4,7-10,12H2,1-2H3. The first-order valence-corrected chi connectivity index (χ1v) is 9.28. The average molecular weight is 360 g/mol. The van der Waals surface area contributed by atoms with E-state index in [1.165, 1.54) is 22.7 Å². The molecule has 1 saturated heterocycles. The molecule has 0 radical (unpaired) electrons. The minimum absolute atomic E-state index is 0.00336. The van der Waals surface area contributed by atoms with E-state index in [0.717, 1.165) is 5.56 Å². The summed E-state index contributed by atoms with van der Waals surface area (Å²) in [5, 5.41) is 0.606. The lowest BCUT2D eigenvalue weighted by Crippen LogP contribution is -2.42. The zero-order chi connectivity index (χ0) is 17.0. The fourth-order valence-corrected chi connectivity index (χ4v) is 3.89. The lowest BCUT2D eigenvalue weighted by molar-refractivity contribution is -0.130. The van der Waals surface area contributed by atoms with Gasteiger partial charge in [-0.25, -0.2) is 0 Å². The van der Waals surface area contributed by atoms with E-state index in [1.54, 1.807) is 17.0 Å². The summed E-state index contributed by atoms with van der Waals surface area (Å²) in [6.07, 6.45) is 0.912. The monoisotopic (exact) mass is 359 g/mol. The van der Waals surface area contributed by atoms with Gasteiger partial charge in [0.15, 0.2) is 0 Å². The molecule has 1 heterocycles. The Bertz CT molecular complexity index is 664. The number of amides is 1. The Morgan fingerprint density at radius 3 is 2.61 bits per heavy atom. The van der Waals surface area contributed by atoms with Gasteiger partial charge in [0.25, 0.3) is 10.2 Å². The third-order valence-corrected chi connectivity index (χ3v) is 6.02. The van der Waals surface area contributed by atoms with Crippen molar-refractivity contribution in [1.82, 2.24) is 13.5 Å². The average Bonchev–Trinajstić information content (AvgIpc) is 2.73. The third kappa shape index (κ3) is 4.67. The van der Waals surface area contributed by atoms with E-state index in [4.69, 9.17) is 11.6 Å². The Morgan fingerprint density at radius 2 is 1.96 bits per heavy atom. The minimum Gasteiger partial charge on any atom is -0.341 e. The van der Waals surface area contributed by atoms with Crippen LogP contribution in [0.2, 0.25) is 5.02 Å². The molecule has 0 saturated carbocycles. The molecular weight excluding hydrogens is 338 g/mol. The largest absolute Gasteiger partial charge is 0.341 e. The van der Waals surface area contributed by atoms with Crippen molar-refractivity contribution in [3.05, 3.63) is 34.9 Å². The smallest absolute Gasteiger partial charge is 0.281 e. The van der Waals surface area contributed by atoms with Gasteiger partial charge in [0.1, 0.15) is 0 Å². The quantitative estimate of drug-likeness (QED) is 0.812. The lowest BCUT2D eigenvalue weighted by Gasteiger charge is -2.24. The molecule has 1 fully saturated rings. The van der Waals surface area contributed by atoms with Gasteiger partial charge in [0.2, 0.25) is 5.91 Å². The molecule has 2 rings (SSSR count). The number of carbonyl (C=O) groups excluding carboxylic acids is 1. The van der Waals surface area contributed by atoms with Gasteiger partial charge in [-0.1, -0.05) is 23.7 Å². The van der Waals surface area contributed by atoms with Crippen molar-refractivity contribution in [2.75, 3.05) is 40.3 Å². The molecule has 0 unspecified atom stereocenters. The highest BCUT2D eigenvalue weighted by Gasteiger charge is 2.28. The highest BCUT2D eigenvalue weighted by Crippen LogP contribution is 2.14. The van der Waals surface area contributed by atoms with Crippen LogP contribution in [0.4, 0.5) is 0 Å². The van der Waals surface area contributed by atoms with Crippen LogP contribution in [0.5, 0.6) is 0 Å². The van der Waals surface area contributed by atoms with Crippen LogP contribution in [0.1, 0.15) is 12.0 Å².